The quantitative estimate of drug-likeness (QED) is 0.851. The monoisotopic (exact) mass is 252 g/mol. The average molecular weight is 252 g/mol. The van der Waals surface area contributed by atoms with Gasteiger partial charge in [0.2, 0.25) is 11.8 Å². The summed E-state index contributed by atoms with van der Waals surface area (Å²) in [5, 5.41) is 2.99. The topological polar surface area (TPSA) is 67.3 Å². The second-order valence-electron chi connectivity index (χ2n) is 4.51. The fourth-order valence-electron chi connectivity index (χ4n) is 1.39. The van der Waals surface area contributed by atoms with Gasteiger partial charge >= 0.3 is 0 Å². The van der Waals surface area contributed by atoms with Gasteiger partial charge in [-0.2, -0.15) is 4.98 Å². The van der Waals surface area contributed by atoms with Crippen LogP contribution in [-0.2, 0) is 4.79 Å². The third kappa shape index (κ3) is 4.20. The molecule has 0 aromatic carbocycles. The van der Waals surface area contributed by atoms with Crippen LogP contribution in [0.25, 0.3) is 0 Å². The highest BCUT2D eigenvalue weighted by Gasteiger charge is 2.15. The molecule has 0 aliphatic rings. The molecule has 0 spiro atoms. The van der Waals surface area contributed by atoms with E-state index in [9.17, 15) is 4.79 Å². The molecule has 1 heterocycles. The Hall–Kier alpha value is -1.85. The average Bonchev–Trinajstić information content (AvgIpc) is 2.27. The first-order valence-electron chi connectivity index (χ1n) is 5.86. The van der Waals surface area contributed by atoms with Crippen molar-refractivity contribution in [1.29, 1.82) is 0 Å². The van der Waals surface area contributed by atoms with Crippen molar-refractivity contribution in [2.45, 2.75) is 32.9 Å². The lowest BCUT2D eigenvalue weighted by atomic mass is 10.3. The van der Waals surface area contributed by atoms with Gasteiger partial charge in [-0.1, -0.05) is 0 Å². The van der Waals surface area contributed by atoms with Crippen molar-refractivity contribution >= 4 is 11.7 Å². The Labute approximate surface area is 107 Å². The Bertz CT molecular complexity index is 407. The fraction of sp³-hybridized carbons (Fsp3) is 0.583. The van der Waals surface area contributed by atoms with E-state index in [1.165, 1.54) is 4.90 Å². The van der Waals surface area contributed by atoms with Crippen LogP contribution in [0.1, 0.15) is 20.8 Å². The Balaban J connectivity index is 2.70. The summed E-state index contributed by atoms with van der Waals surface area (Å²) in [7, 11) is 3.43. The largest absolute Gasteiger partial charge is 0.474 e. The molecule has 0 aliphatic heterocycles. The van der Waals surface area contributed by atoms with Crippen LogP contribution >= 0.6 is 0 Å². The van der Waals surface area contributed by atoms with Crippen LogP contribution < -0.4 is 10.1 Å². The van der Waals surface area contributed by atoms with E-state index < -0.39 is 0 Å². The highest BCUT2D eigenvalue weighted by molar-refractivity contribution is 5.83. The summed E-state index contributed by atoms with van der Waals surface area (Å²) >= 11 is 0. The van der Waals surface area contributed by atoms with E-state index in [1.54, 1.807) is 33.4 Å². The first kappa shape index (κ1) is 14.2. The molecule has 6 heteroatoms. The zero-order chi connectivity index (χ0) is 13.7. The molecule has 0 saturated carbocycles. The summed E-state index contributed by atoms with van der Waals surface area (Å²) in [6.45, 7) is 5.61. The van der Waals surface area contributed by atoms with Crippen LogP contribution in [0.4, 0.5) is 5.82 Å². The second-order valence-corrected chi connectivity index (χ2v) is 4.51. The fourth-order valence-corrected chi connectivity index (χ4v) is 1.39. The normalized spacial score (nSPS) is 12.1. The summed E-state index contributed by atoms with van der Waals surface area (Å²) in [6, 6.07) is -0.358. The lowest BCUT2D eigenvalue weighted by molar-refractivity contribution is -0.129. The van der Waals surface area contributed by atoms with Crippen LogP contribution in [0.5, 0.6) is 5.88 Å². The van der Waals surface area contributed by atoms with Crippen LogP contribution in [0.15, 0.2) is 12.4 Å². The molecule has 0 fully saturated rings. The number of amides is 1. The third-order valence-corrected chi connectivity index (χ3v) is 2.14. The standard InChI is InChI=1S/C12H20N4O2/c1-8(2)18-11-7-13-6-10(15-11)14-9(3)12(17)16(4)5/h6-9H,1-5H3,(H,14,15)/t9-/m0/s1. The van der Waals surface area contributed by atoms with Gasteiger partial charge in [0.15, 0.2) is 0 Å². The van der Waals surface area contributed by atoms with Gasteiger partial charge in [-0.05, 0) is 20.8 Å². The Morgan fingerprint density at radius 1 is 1.33 bits per heavy atom. The molecule has 0 bridgehead atoms. The number of nitrogens with one attached hydrogen (secondary N) is 1. The molecule has 0 saturated heterocycles. The second kappa shape index (κ2) is 6.18. The van der Waals surface area contributed by atoms with E-state index in [2.05, 4.69) is 15.3 Å². The summed E-state index contributed by atoms with van der Waals surface area (Å²) in [4.78, 5) is 21.5. The minimum absolute atomic E-state index is 0.0213. The molecular weight excluding hydrogens is 232 g/mol. The minimum Gasteiger partial charge on any atom is -0.474 e. The molecule has 0 unspecified atom stereocenters. The van der Waals surface area contributed by atoms with Crippen molar-refractivity contribution < 1.29 is 9.53 Å². The van der Waals surface area contributed by atoms with Crippen molar-refractivity contribution in [2.75, 3.05) is 19.4 Å². The van der Waals surface area contributed by atoms with Crippen molar-refractivity contribution in [3.8, 4) is 5.88 Å². The maximum atomic E-state index is 11.7. The van der Waals surface area contributed by atoms with Crippen molar-refractivity contribution in [2.24, 2.45) is 0 Å². The first-order valence-corrected chi connectivity index (χ1v) is 5.86. The van der Waals surface area contributed by atoms with E-state index in [4.69, 9.17) is 4.74 Å². The van der Waals surface area contributed by atoms with Gasteiger partial charge in [-0.25, -0.2) is 0 Å². The van der Waals surface area contributed by atoms with E-state index in [1.807, 2.05) is 13.8 Å². The molecule has 1 N–H and O–H groups in total. The number of nitrogens with zero attached hydrogens (tertiary/aromatic N) is 3. The highest BCUT2D eigenvalue weighted by Crippen LogP contribution is 2.11. The Kier molecular flexibility index (Phi) is 4.88. The zero-order valence-corrected chi connectivity index (χ0v) is 11.5. The minimum atomic E-state index is -0.358. The molecule has 1 aromatic rings. The van der Waals surface area contributed by atoms with E-state index in [0.29, 0.717) is 11.7 Å². The summed E-state index contributed by atoms with van der Waals surface area (Å²) < 4.78 is 5.44. The van der Waals surface area contributed by atoms with Crippen LogP contribution in [0.2, 0.25) is 0 Å². The smallest absolute Gasteiger partial charge is 0.244 e. The number of anilines is 1. The molecular formula is C12H20N4O2. The number of ether oxygens (including phenoxy) is 1. The summed E-state index contributed by atoms with van der Waals surface area (Å²) in [5.74, 6) is 0.947. The van der Waals surface area contributed by atoms with E-state index >= 15 is 0 Å². The molecule has 6 nitrogen and oxygen atoms in total. The molecule has 1 atom stereocenters. The Morgan fingerprint density at radius 3 is 2.56 bits per heavy atom. The maximum Gasteiger partial charge on any atom is 0.244 e. The van der Waals surface area contributed by atoms with Crippen LogP contribution in [-0.4, -0.2) is 47.0 Å². The summed E-state index contributed by atoms with van der Waals surface area (Å²) in [5.41, 5.74) is 0. The molecule has 1 aromatic heterocycles. The molecule has 100 valence electrons. The first-order chi connectivity index (χ1) is 8.40. The SMILES string of the molecule is CC(C)Oc1cncc(N[C@@H](C)C(=O)N(C)C)n1. The summed E-state index contributed by atoms with van der Waals surface area (Å²) in [6.07, 6.45) is 3.14. The van der Waals surface area contributed by atoms with Gasteiger partial charge in [0.25, 0.3) is 0 Å². The van der Waals surface area contributed by atoms with Crippen molar-refractivity contribution in [3.05, 3.63) is 12.4 Å². The molecule has 0 radical (unpaired) electrons. The highest BCUT2D eigenvalue weighted by atomic mass is 16.5. The van der Waals surface area contributed by atoms with Crippen LogP contribution in [0, 0.1) is 0 Å². The van der Waals surface area contributed by atoms with E-state index in [0.717, 1.165) is 0 Å². The van der Waals surface area contributed by atoms with Gasteiger partial charge in [-0.15, -0.1) is 0 Å². The van der Waals surface area contributed by atoms with Gasteiger partial charge in [-0.3, -0.25) is 9.78 Å². The number of carbonyl (C=O) groups is 1. The predicted octanol–water partition coefficient (Wildman–Crippen LogP) is 1.15. The van der Waals surface area contributed by atoms with Gasteiger partial charge in [0.05, 0.1) is 18.5 Å². The molecule has 18 heavy (non-hydrogen) atoms. The van der Waals surface area contributed by atoms with Gasteiger partial charge in [0.1, 0.15) is 11.9 Å². The molecule has 1 rings (SSSR count). The van der Waals surface area contributed by atoms with Gasteiger partial charge in [0, 0.05) is 14.1 Å². The van der Waals surface area contributed by atoms with Crippen molar-refractivity contribution in [1.82, 2.24) is 14.9 Å². The molecule has 0 aliphatic carbocycles. The third-order valence-electron chi connectivity index (χ3n) is 2.14. The number of likely N-dealkylation sites (N-methyl/N-ethyl adjacent to an activating group) is 1. The number of rotatable bonds is 5. The Morgan fingerprint density at radius 2 is 2.00 bits per heavy atom. The lowest BCUT2D eigenvalue weighted by Gasteiger charge is -2.18. The molecule has 1 amide bonds. The number of hydrogen-bond donors (Lipinski definition) is 1. The van der Waals surface area contributed by atoms with Crippen molar-refractivity contribution in [3.63, 3.8) is 0 Å². The van der Waals surface area contributed by atoms with Crippen LogP contribution in [0.3, 0.4) is 0 Å². The maximum absolute atomic E-state index is 11.7. The number of carbonyl (C=O) groups excluding carboxylic acids is 1. The number of hydrogen-bond acceptors (Lipinski definition) is 5. The predicted molar refractivity (Wildman–Crippen MR) is 69.6 cm³/mol. The number of aromatic nitrogens is 2. The van der Waals surface area contributed by atoms with E-state index in [-0.39, 0.29) is 18.1 Å². The van der Waals surface area contributed by atoms with Gasteiger partial charge < -0.3 is 15.0 Å². The lowest BCUT2D eigenvalue weighted by Crippen LogP contribution is -2.36. The zero-order valence-electron chi connectivity index (χ0n) is 11.5.